The number of carbonyl (C=O) groups excluding carboxylic acids is 2. The van der Waals surface area contributed by atoms with Gasteiger partial charge in [-0.15, -0.1) is 0 Å². The zero-order valence-corrected chi connectivity index (χ0v) is 14.3. The van der Waals surface area contributed by atoms with Crippen LogP contribution >= 0.6 is 0 Å². The molecular formula is C17H19N3O5. The Labute approximate surface area is 145 Å². The summed E-state index contributed by atoms with van der Waals surface area (Å²) in [6.07, 6.45) is 3.14. The molecule has 0 saturated heterocycles. The van der Waals surface area contributed by atoms with Crippen LogP contribution in [-0.4, -0.2) is 56.1 Å². The number of hydrogen-bond acceptors (Lipinski definition) is 8. The summed E-state index contributed by atoms with van der Waals surface area (Å²) in [5.41, 5.74) is 0.286. The maximum absolute atomic E-state index is 12.3. The lowest BCUT2D eigenvalue weighted by Crippen LogP contribution is -2.29. The zero-order valence-electron chi connectivity index (χ0n) is 14.3. The first-order valence-electron chi connectivity index (χ1n) is 7.44. The van der Waals surface area contributed by atoms with E-state index in [1.807, 2.05) is 0 Å². The maximum atomic E-state index is 12.3. The van der Waals surface area contributed by atoms with E-state index >= 15 is 0 Å². The molecule has 0 bridgehead atoms. The van der Waals surface area contributed by atoms with Gasteiger partial charge in [0.05, 0.1) is 19.8 Å². The molecule has 0 aliphatic carbocycles. The summed E-state index contributed by atoms with van der Waals surface area (Å²) in [6.45, 7) is -0.474. The van der Waals surface area contributed by atoms with Gasteiger partial charge >= 0.3 is 5.97 Å². The third-order valence-electron chi connectivity index (χ3n) is 3.33. The monoisotopic (exact) mass is 345 g/mol. The van der Waals surface area contributed by atoms with E-state index in [0.29, 0.717) is 17.4 Å². The van der Waals surface area contributed by atoms with Crippen molar-refractivity contribution >= 4 is 17.7 Å². The zero-order chi connectivity index (χ0) is 18.2. The first kappa shape index (κ1) is 18.2. The van der Waals surface area contributed by atoms with Gasteiger partial charge in [-0.05, 0) is 24.3 Å². The molecule has 8 heteroatoms. The van der Waals surface area contributed by atoms with Crippen molar-refractivity contribution in [2.24, 2.45) is 0 Å². The molecule has 2 rings (SSSR count). The van der Waals surface area contributed by atoms with Crippen LogP contribution in [-0.2, 0) is 9.53 Å². The molecule has 0 unspecified atom stereocenters. The number of aromatic nitrogens is 2. The average Bonchev–Trinajstić information content (AvgIpc) is 2.66. The highest BCUT2D eigenvalue weighted by Crippen LogP contribution is 2.24. The number of ketones is 1. The van der Waals surface area contributed by atoms with Crippen LogP contribution in [0.25, 0.3) is 0 Å². The molecule has 0 atom stereocenters. The van der Waals surface area contributed by atoms with E-state index in [1.54, 1.807) is 43.7 Å². The molecule has 8 nitrogen and oxygen atoms in total. The molecule has 0 amide bonds. The van der Waals surface area contributed by atoms with Crippen LogP contribution in [0.5, 0.6) is 11.5 Å². The third kappa shape index (κ3) is 4.90. The molecule has 0 saturated carbocycles. The van der Waals surface area contributed by atoms with Gasteiger partial charge in [-0.25, -0.2) is 9.97 Å². The summed E-state index contributed by atoms with van der Waals surface area (Å²) in [7, 11) is 4.61. The lowest BCUT2D eigenvalue weighted by Gasteiger charge is -2.15. The largest absolute Gasteiger partial charge is 0.497 e. The minimum Gasteiger partial charge on any atom is -0.497 e. The summed E-state index contributed by atoms with van der Waals surface area (Å²) in [5.74, 6) is 0.334. The Morgan fingerprint density at radius 3 is 2.48 bits per heavy atom. The van der Waals surface area contributed by atoms with E-state index in [1.165, 1.54) is 19.1 Å². The fourth-order valence-corrected chi connectivity index (χ4v) is 2.05. The lowest BCUT2D eigenvalue weighted by molar-refractivity contribution is -0.140. The first-order valence-corrected chi connectivity index (χ1v) is 7.44. The molecule has 0 aliphatic heterocycles. The highest BCUT2D eigenvalue weighted by Gasteiger charge is 2.17. The molecule has 0 spiro atoms. The van der Waals surface area contributed by atoms with Gasteiger partial charge in [0.2, 0.25) is 11.7 Å². The fourth-order valence-electron chi connectivity index (χ4n) is 2.05. The molecular weight excluding hydrogens is 326 g/mol. The van der Waals surface area contributed by atoms with Gasteiger partial charge in [0.1, 0.15) is 18.0 Å². The Morgan fingerprint density at radius 1 is 1.12 bits per heavy atom. The predicted molar refractivity (Wildman–Crippen MR) is 90.1 cm³/mol. The van der Waals surface area contributed by atoms with Crippen LogP contribution in [0.1, 0.15) is 10.4 Å². The van der Waals surface area contributed by atoms with Crippen molar-refractivity contribution in [3.63, 3.8) is 0 Å². The van der Waals surface area contributed by atoms with Crippen molar-refractivity contribution in [3.05, 3.63) is 42.2 Å². The molecule has 132 valence electrons. The Morgan fingerprint density at radius 2 is 1.84 bits per heavy atom. The molecule has 1 aromatic heterocycles. The van der Waals surface area contributed by atoms with Crippen molar-refractivity contribution in [2.75, 3.05) is 39.3 Å². The summed E-state index contributed by atoms with van der Waals surface area (Å²) in [6, 6.07) is 6.51. The van der Waals surface area contributed by atoms with E-state index in [4.69, 9.17) is 14.2 Å². The summed E-state index contributed by atoms with van der Waals surface area (Å²) >= 11 is 0. The molecule has 0 N–H and O–H groups in total. The van der Waals surface area contributed by atoms with Crippen molar-refractivity contribution in [1.82, 2.24) is 9.97 Å². The van der Waals surface area contributed by atoms with Gasteiger partial charge in [0.25, 0.3) is 0 Å². The summed E-state index contributed by atoms with van der Waals surface area (Å²) in [5, 5.41) is 0. The van der Waals surface area contributed by atoms with Crippen molar-refractivity contribution in [3.8, 4) is 11.5 Å². The Bertz CT molecular complexity index is 736. The predicted octanol–water partition coefficient (Wildman–Crippen LogP) is 1.36. The normalized spacial score (nSPS) is 10.0. The topological polar surface area (TPSA) is 90.9 Å². The van der Waals surface area contributed by atoms with E-state index in [2.05, 4.69) is 9.97 Å². The van der Waals surface area contributed by atoms with Gasteiger partial charge in [0, 0.05) is 19.4 Å². The summed E-state index contributed by atoms with van der Waals surface area (Å²) in [4.78, 5) is 33.8. The molecule has 1 aromatic carbocycles. The fraction of sp³-hybridized carbons (Fsp3) is 0.294. The number of Topliss-reactive ketones (excluding diaryl/α,β-unsaturated/α-hetero) is 1. The Hall–Kier alpha value is -3.16. The number of rotatable bonds is 8. The van der Waals surface area contributed by atoms with E-state index in [0.717, 1.165) is 0 Å². The highest BCUT2D eigenvalue weighted by molar-refractivity contribution is 6.00. The SMILES string of the molecule is COc1ccc(OC)c(C(=O)COC(=O)CN(C)c2ncccn2)c1. The second-order valence-corrected chi connectivity index (χ2v) is 5.05. The van der Waals surface area contributed by atoms with Crippen LogP contribution in [0, 0.1) is 0 Å². The van der Waals surface area contributed by atoms with Gasteiger partial charge < -0.3 is 19.1 Å². The standard InChI is InChI=1S/C17H19N3O5/c1-20(17-18-7-4-8-19-17)10-16(22)25-11-14(21)13-9-12(23-2)5-6-15(13)24-3/h4-9H,10-11H2,1-3H3. The number of carbonyl (C=O) groups is 2. The van der Waals surface area contributed by atoms with Crippen LogP contribution < -0.4 is 14.4 Å². The van der Waals surface area contributed by atoms with E-state index < -0.39 is 12.6 Å². The van der Waals surface area contributed by atoms with Gasteiger partial charge in [-0.1, -0.05) is 0 Å². The first-order chi connectivity index (χ1) is 12.0. The quantitative estimate of drug-likeness (QED) is 0.523. The van der Waals surface area contributed by atoms with E-state index in [9.17, 15) is 9.59 Å². The Balaban J connectivity index is 1.94. The second kappa shape index (κ2) is 8.62. The molecule has 0 aliphatic rings. The van der Waals surface area contributed by atoms with Gasteiger partial charge in [0.15, 0.2) is 6.61 Å². The van der Waals surface area contributed by atoms with Crippen molar-refractivity contribution in [1.29, 1.82) is 0 Å². The number of likely N-dealkylation sites (N-methyl/N-ethyl adjacent to an activating group) is 1. The van der Waals surface area contributed by atoms with E-state index in [-0.39, 0.29) is 17.9 Å². The molecule has 2 aromatic rings. The van der Waals surface area contributed by atoms with Crippen molar-refractivity contribution < 1.29 is 23.8 Å². The summed E-state index contributed by atoms with van der Waals surface area (Å²) < 4.78 is 15.3. The second-order valence-electron chi connectivity index (χ2n) is 5.05. The van der Waals surface area contributed by atoms with Gasteiger partial charge in [-0.3, -0.25) is 9.59 Å². The average molecular weight is 345 g/mol. The highest BCUT2D eigenvalue weighted by atomic mass is 16.5. The minimum atomic E-state index is -0.565. The smallest absolute Gasteiger partial charge is 0.326 e. The molecule has 0 fully saturated rings. The number of nitrogens with zero attached hydrogens (tertiary/aromatic N) is 3. The Kier molecular flexibility index (Phi) is 6.27. The molecule has 0 radical (unpaired) electrons. The number of benzene rings is 1. The maximum Gasteiger partial charge on any atom is 0.326 e. The van der Waals surface area contributed by atoms with Gasteiger partial charge in [-0.2, -0.15) is 0 Å². The van der Waals surface area contributed by atoms with Crippen LogP contribution in [0.3, 0.4) is 0 Å². The number of methoxy groups -OCH3 is 2. The lowest BCUT2D eigenvalue weighted by atomic mass is 10.1. The van der Waals surface area contributed by atoms with Crippen LogP contribution in [0.4, 0.5) is 5.95 Å². The molecule has 25 heavy (non-hydrogen) atoms. The third-order valence-corrected chi connectivity index (χ3v) is 3.33. The molecule has 1 heterocycles. The number of hydrogen-bond donors (Lipinski definition) is 0. The number of ether oxygens (including phenoxy) is 3. The number of anilines is 1. The van der Waals surface area contributed by atoms with Crippen LogP contribution in [0.15, 0.2) is 36.7 Å². The number of esters is 1. The minimum absolute atomic E-state index is 0.0768. The van der Waals surface area contributed by atoms with Crippen LogP contribution in [0.2, 0.25) is 0 Å². The van der Waals surface area contributed by atoms with Crippen molar-refractivity contribution in [2.45, 2.75) is 0 Å².